The third kappa shape index (κ3) is 4.71. The maximum atomic E-state index is 9.87. The van der Waals surface area contributed by atoms with Gasteiger partial charge in [-0.15, -0.1) is 0 Å². The van der Waals surface area contributed by atoms with Gasteiger partial charge in [0.1, 0.15) is 0 Å². The van der Waals surface area contributed by atoms with Crippen LogP contribution in [-0.4, -0.2) is 65.8 Å². The molecule has 0 aromatic rings. The number of hydrogen-bond donors (Lipinski definition) is 2. The van der Waals surface area contributed by atoms with Gasteiger partial charge in [0, 0.05) is 32.2 Å². The first-order valence-corrected chi connectivity index (χ1v) is 7.99. The van der Waals surface area contributed by atoms with E-state index in [9.17, 15) is 5.11 Å². The molecule has 112 valence electrons. The molecule has 4 nitrogen and oxygen atoms in total. The molecule has 2 fully saturated rings. The highest BCUT2D eigenvalue weighted by molar-refractivity contribution is 4.85. The van der Waals surface area contributed by atoms with Crippen molar-refractivity contribution in [3.05, 3.63) is 0 Å². The summed E-state index contributed by atoms with van der Waals surface area (Å²) in [6, 6.07) is 0.814. The molecule has 2 aliphatic heterocycles. The van der Waals surface area contributed by atoms with Crippen LogP contribution in [0.2, 0.25) is 0 Å². The average molecular weight is 269 g/mol. The SMILES string of the molecule is CC(O)(CN)CCCCN1CCN2CCCCC2C1. The molecule has 2 unspecified atom stereocenters. The van der Waals surface area contributed by atoms with Gasteiger partial charge in [0.05, 0.1) is 5.60 Å². The number of nitrogens with zero attached hydrogens (tertiary/aromatic N) is 2. The lowest BCUT2D eigenvalue weighted by molar-refractivity contribution is 0.0422. The Hall–Kier alpha value is -0.160. The van der Waals surface area contributed by atoms with Crippen LogP contribution in [0.3, 0.4) is 0 Å². The minimum absolute atomic E-state index is 0.369. The first-order valence-electron chi connectivity index (χ1n) is 7.99. The second kappa shape index (κ2) is 7.02. The van der Waals surface area contributed by atoms with Crippen molar-refractivity contribution in [1.29, 1.82) is 0 Å². The van der Waals surface area contributed by atoms with E-state index in [0.717, 1.165) is 18.9 Å². The zero-order valence-electron chi connectivity index (χ0n) is 12.5. The van der Waals surface area contributed by atoms with Crippen molar-refractivity contribution in [2.24, 2.45) is 5.73 Å². The molecule has 19 heavy (non-hydrogen) atoms. The Balaban J connectivity index is 1.62. The van der Waals surface area contributed by atoms with E-state index in [1.807, 2.05) is 6.92 Å². The van der Waals surface area contributed by atoms with Gasteiger partial charge in [-0.2, -0.15) is 0 Å². The van der Waals surface area contributed by atoms with Gasteiger partial charge in [-0.25, -0.2) is 0 Å². The summed E-state index contributed by atoms with van der Waals surface area (Å²) in [5, 5.41) is 9.87. The van der Waals surface area contributed by atoms with Crippen molar-refractivity contribution in [1.82, 2.24) is 9.80 Å². The van der Waals surface area contributed by atoms with Gasteiger partial charge in [0.2, 0.25) is 0 Å². The highest BCUT2D eigenvalue weighted by Gasteiger charge is 2.28. The van der Waals surface area contributed by atoms with E-state index in [4.69, 9.17) is 5.73 Å². The van der Waals surface area contributed by atoms with Gasteiger partial charge in [0.25, 0.3) is 0 Å². The molecule has 0 spiro atoms. The number of piperazine rings is 1. The molecule has 4 heteroatoms. The predicted molar refractivity (Wildman–Crippen MR) is 79.2 cm³/mol. The summed E-state index contributed by atoms with van der Waals surface area (Å²) in [5.74, 6) is 0. The number of aliphatic hydroxyl groups is 1. The topological polar surface area (TPSA) is 52.7 Å². The van der Waals surface area contributed by atoms with E-state index < -0.39 is 5.60 Å². The maximum Gasteiger partial charge on any atom is 0.0741 e. The molecule has 2 rings (SSSR count). The fourth-order valence-corrected chi connectivity index (χ4v) is 3.37. The van der Waals surface area contributed by atoms with Crippen molar-refractivity contribution in [2.75, 3.05) is 39.3 Å². The predicted octanol–water partition coefficient (Wildman–Crippen LogP) is 1.04. The molecular formula is C15H31N3O. The number of piperidine rings is 1. The molecule has 0 radical (unpaired) electrons. The third-order valence-corrected chi connectivity index (χ3v) is 4.80. The molecule has 2 aliphatic rings. The van der Waals surface area contributed by atoms with Crippen LogP contribution < -0.4 is 5.73 Å². The zero-order chi connectivity index (χ0) is 13.7. The quantitative estimate of drug-likeness (QED) is 0.707. The fourth-order valence-electron chi connectivity index (χ4n) is 3.37. The minimum atomic E-state index is -0.665. The first kappa shape index (κ1) is 15.2. The molecule has 0 aliphatic carbocycles. The maximum absolute atomic E-state index is 9.87. The number of rotatable bonds is 6. The summed E-state index contributed by atoms with van der Waals surface area (Å²) in [7, 11) is 0. The van der Waals surface area contributed by atoms with Crippen molar-refractivity contribution >= 4 is 0 Å². The van der Waals surface area contributed by atoms with Crippen molar-refractivity contribution in [2.45, 2.75) is 57.1 Å². The number of hydrogen-bond acceptors (Lipinski definition) is 4. The normalized spacial score (nSPS) is 28.9. The molecule has 0 aromatic heterocycles. The summed E-state index contributed by atoms with van der Waals surface area (Å²) in [5.41, 5.74) is 4.87. The van der Waals surface area contributed by atoms with E-state index in [0.29, 0.717) is 6.54 Å². The van der Waals surface area contributed by atoms with Crippen LogP contribution in [-0.2, 0) is 0 Å². The second-order valence-corrected chi connectivity index (χ2v) is 6.64. The Morgan fingerprint density at radius 1 is 1.21 bits per heavy atom. The lowest BCUT2D eigenvalue weighted by atomic mass is 9.98. The second-order valence-electron chi connectivity index (χ2n) is 6.64. The average Bonchev–Trinajstić information content (AvgIpc) is 2.43. The lowest BCUT2D eigenvalue weighted by Crippen LogP contribution is -2.54. The molecule has 0 bridgehead atoms. The van der Waals surface area contributed by atoms with E-state index in [2.05, 4.69) is 9.80 Å². The molecule has 0 amide bonds. The summed E-state index contributed by atoms with van der Waals surface area (Å²) < 4.78 is 0. The monoisotopic (exact) mass is 269 g/mol. The van der Waals surface area contributed by atoms with Gasteiger partial charge < -0.3 is 15.7 Å². The zero-order valence-corrected chi connectivity index (χ0v) is 12.5. The highest BCUT2D eigenvalue weighted by Crippen LogP contribution is 2.21. The van der Waals surface area contributed by atoms with E-state index in [-0.39, 0.29) is 0 Å². The molecule has 0 aromatic carbocycles. The van der Waals surface area contributed by atoms with Crippen LogP contribution in [0.5, 0.6) is 0 Å². The van der Waals surface area contributed by atoms with Gasteiger partial charge in [-0.05, 0) is 52.1 Å². The summed E-state index contributed by atoms with van der Waals surface area (Å²) in [6.45, 7) is 8.45. The summed E-state index contributed by atoms with van der Waals surface area (Å²) in [4.78, 5) is 5.29. The molecule has 3 N–H and O–H groups in total. The molecular weight excluding hydrogens is 238 g/mol. The fraction of sp³-hybridized carbons (Fsp3) is 1.00. The van der Waals surface area contributed by atoms with Crippen LogP contribution in [0.1, 0.15) is 45.4 Å². The van der Waals surface area contributed by atoms with E-state index >= 15 is 0 Å². The Labute approximate surface area is 117 Å². The standard InChI is InChI=1S/C15H31N3O/c1-15(19,13-16)7-3-5-8-17-10-11-18-9-4-2-6-14(18)12-17/h14,19H,2-13,16H2,1H3. The number of unbranched alkanes of at least 4 members (excludes halogenated alkanes) is 1. The Bertz CT molecular complexity index is 270. The Morgan fingerprint density at radius 2 is 2.05 bits per heavy atom. The van der Waals surface area contributed by atoms with Gasteiger partial charge in [-0.1, -0.05) is 6.42 Å². The number of fused-ring (bicyclic) bond motifs is 1. The molecule has 2 heterocycles. The summed E-state index contributed by atoms with van der Waals surface area (Å²) in [6.07, 6.45) is 7.28. The van der Waals surface area contributed by atoms with Gasteiger partial charge in [-0.3, -0.25) is 4.90 Å². The minimum Gasteiger partial charge on any atom is -0.389 e. The lowest BCUT2D eigenvalue weighted by Gasteiger charge is -2.44. The molecule has 2 saturated heterocycles. The Kier molecular flexibility index (Phi) is 5.63. The third-order valence-electron chi connectivity index (χ3n) is 4.80. The largest absolute Gasteiger partial charge is 0.389 e. The van der Waals surface area contributed by atoms with Crippen LogP contribution in [0, 0.1) is 0 Å². The van der Waals surface area contributed by atoms with Crippen molar-refractivity contribution in [3.8, 4) is 0 Å². The molecule has 2 atom stereocenters. The number of nitrogens with two attached hydrogens (primary N) is 1. The smallest absolute Gasteiger partial charge is 0.0741 e. The van der Waals surface area contributed by atoms with Gasteiger partial charge >= 0.3 is 0 Å². The van der Waals surface area contributed by atoms with Crippen molar-refractivity contribution < 1.29 is 5.11 Å². The van der Waals surface area contributed by atoms with Crippen LogP contribution >= 0.6 is 0 Å². The van der Waals surface area contributed by atoms with E-state index in [1.165, 1.54) is 58.4 Å². The Morgan fingerprint density at radius 3 is 2.84 bits per heavy atom. The van der Waals surface area contributed by atoms with Gasteiger partial charge in [0.15, 0.2) is 0 Å². The first-order chi connectivity index (χ1) is 9.11. The van der Waals surface area contributed by atoms with E-state index in [1.54, 1.807) is 0 Å². The molecule has 0 saturated carbocycles. The van der Waals surface area contributed by atoms with Crippen LogP contribution in [0.25, 0.3) is 0 Å². The van der Waals surface area contributed by atoms with Crippen LogP contribution in [0.4, 0.5) is 0 Å². The highest BCUT2D eigenvalue weighted by atomic mass is 16.3. The van der Waals surface area contributed by atoms with Crippen molar-refractivity contribution in [3.63, 3.8) is 0 Å². The summed E-state index contributed by atoms with van der Waals surface area (Å²) >= 11 is 0. The van der Waals surface area contributed by atoms with Crippen LogP contribution in [0.15, 0.2) is 0 Å².